The number of hydrogen-bond acceptors (Lipinski definition) is 4. The fraction of sp³-hybridized carbons (Fsp3) is 0.786. The van der Waals surface area contributed by atoms with Gasteiger partial charge in [-0.2, -0.15) is 0 Å². The minimum absolute atomic E-state index is 0.402. The molecule has 4 heteroatoms. The predicted molar refractivity (Wildman–Crippen MR) is 81.7 cm³/mol. The molecule has 1 heterocycles. The van der Waals surface area contributed by atoms with Crippen LogP contribution in [0, 0.1) is 12.8 Å². The number of aromatic nitrogens is 1. The van der Waals surface area contributed by atoms with Crippen LogP contribution < -0.4 is 10.2 Å². The second-order valence-electron chi connectivity index (χ2n) is 5.16. The lowest BCUT2D eigenvalue weighted by Crippen LogP contribution is -2.26. The van der Waals surface area contributed by atoms with Crippen molar-refractivity contribution < 1.29 is 0 Å². The van der Waals surface area contributed by atoms with E-state index in [2.05, 4.69) is 51.8 Å². The summed E-state index contributed by atoms with van der Waals surface area (Å²) in [6.07, 6.45) is 0. The van der Waals surface area contributed by atoms with Crippen LogP contribution in [-0.2, 0) is 0 Å². The molecule has 0 aliphatic carbocycles. The maximum Gasteiger partial charge on any atom is 0.185 e. The van der Waals surface area contributed by atoms with Crippen LogP contribution in [0.1, 0.15) is 51.2 Å². The van der Waals surface area contributed by atoms with E-state index in [9.17, 15) is 0 Å². The van der Waals surface area contributed by atoms with Crippen molar-refractivity contribution in [3.8, 4) is 0 Å². The molecule has 0 fully saturated rings. The molecule has 0 saturated heterocycles. The molecule has 0 aliphatic rings. The number of aryl methyl sites for hydroxylation is 1. The third-order valence-electron chi connectivity index (χ3n) is 2.96. The molecule has 1 unspecified atom stereocenters. The fourth-order valence-electron chi connectivity index (χ4n) is 2.11. The highest BCUT2D eigenvalue weighted by atomic mass is 32.1. The Hall–Kier alpha value is -0.610. The van der Waals surface area contributed by atoms with Gasteiger partial charge < -0.3 is 10.2 Å². The monoisotopic (exact) mass is 269 g/mol. The van der Waals surface area contributed by atoms with Crippen molar-refractivity contribution in [2.45, 2.75) is 47.6 Å². The molecule has 0 bridgehead atoms. The third kappa shape index (κ3) is 3.95. The molecule has 104 valence electrons. The van der Waals surface area contributed by atoms with Crippen LogP contribution in [0.15, 0.2) is 0 Å². The second-order valence-corrected chi connectivity index (χ2v) is 6.17. The summed E-state index contributed by atoms with van der Waals surface area (Å²) in [4.78, 5) is 8.49. The second kappa shape index (κ2) is 7.10. The van der Waals surface area contributed by atoms with Gasteiger partial charge in [0, 0.05) is 24.0 Å². The average molecular weight is 269 g/mol. The molecule has 18 heavy (non-hydrogen) atoms. The van der Waals surface area contributed by atoms with E-state index in [0.29, 0.717) is 12.0 Å². The van der Waals surface area contributed by atoms with E-state index < -0.39 is 0 Å². The Bertz CT molecular complexity index is 360. The smallest absolute Gasteiger partial charge is 0.185 e. The molecule has 0 amide bonds. The van der Waals surface area contributed by atoms with Crippen LogP contribution in [-0.4, -0.2) is 24.6 Å². The molecular weight excluding hydrogens is 242 g/mol. The van der Waals surface area contributed by atoms with E-state index in [0.717, 1.165) is 19.6 Å². The maximum atomic E-state index is 4.74. The summed E-state index contributed by atoms with van der Waals surface area (Å²) in [5, 5.41) is 4.64. The fourth-order valence-corrected chi connectivity index (χ4v) is 3.28. The van der Waals surface area contributed by atoms with Crippen LogP contribution in [0.3, 0.4) is 0 Å². The Labute approximate surface area is 116 Å². The number of hydrogen-bond donors (Lipinski definition) is 1. The lowest BCUT2D eigenvalue weighted by Gasteiger charge is -2.21. The molecule has 0 aromatic carbocycles. The number of rotatable bonds is 7. The highest BCUT2D eigenvalue weighted by Crippen LogP contribution is 2.30. The van der Waals surface area contributed by atoms with E-state index in [1.54, 1.807) is 0 Å². The van der Waals surface area contributed by atoms with E-state index in [-0.39, 0.29) is 0 Å². The highest BCUT2D eigenvalue weighted by Gasteiger charge is 2.17. The zero-order chi connectivity index (χ0) is 13.7. The lowest BCUT2D eigenvalue weighted by atomic mass is 10.2. The third-order valence-corrected chi connectivity index (χ3v) is 4.36. The largest absolute Gasteiger partial charge is 0.348 e. The predicted octanol–water partition coefficient (Wildman–Crippen LogP) is 3.60. The average Bonchev–Trinajstić information content (AvgIpc) is 2.68. The van der Waals surface area contributed by atoms with Gasteiger partial charge in [-0.05, 0) is 33.2 Å². The molecule has 0 radical (unpaired) electrons. The minimum Gasteiger partial charge on any atom is -0.348 e. The molecule has 1 rings (SSSR count). The number of anilines is 1. The molecule has 3 nitrogen and oxygen atoms in total. The van der Waals surface area contributed by atoms with Crippen LogP contribution in [0.4, 0.5) is 5.13 Å². The van der Waals surface area contributed by atoms with Crippen molar-refractivity contribution in [2.75, 3.05) is 24.5 Å². The topological polar surface area (TPSA) is 28.2 Å². The van der Waals surface area contributed by atoms with Crippen molar-refractivity contribution in [1.82, 2.24) is 10.3 Å². The van der Waals surface area contributed by atoms with Gasteiger partial charge in [-0.1, -0.05) is 20.8 Å². The molecule has 1 aromatic heterocycles. The van der Waals surface area contributed by atoms with Crippen molar-refractivity contribution >= 4 is 16.5 Å². The molecule has 0 aliphatic heterocycles. The SMILES string of the molecule is CCNC(C)c1sc(N(CC)CC(C)C)nc1C. The Balaban J connectivity index is 2.87. The first-order valence-corrected chi connectivity index (χ1v) is 7.76. The van der Waals surface area contributed by atoms with Crippen molar-refractivity contribution in [2.24, 2.45) is 5.92 Å². The van der Waals surface area contributed by atoms with Gasteiger partial charge in [0.2, 0.25) is 0 Å². The molecule has 1 atom stereocenters. The highest BCUT2D eigenvalue weighted by molar-refractivity contribution is 7.15. The number of nitrogens with zero attached hydrogens (tertiary/aromatic N) is 2. The molecule has 0 spiro atoms. The first kappa shape index (κ1) is 15.4. The molecule has 1 aromatic rings. The summed E-state index contributed by atoms with van der Waals surface area (Å²) in [6, 6.07) is 0.402. The van der Waals surface area contributed by atoms with Crippen LogP contribution >= 0.6 is 11.3 Å². The van der Waals surface area contributed by atoms with Gasteiger partial charge in [0.25, 0.3) is 0 Å². The van der Waals surface area contributed by atoms with Crippen LogP contribution in [0.2, 0.25) is 0 Å². The van der Waals surface area contributed by atoms with Gasteiger partial charge in [-0.3, -0.25) is 0 Å². The summed E-state index contributed by atoms with van der Waals surface area (Å²) < 4.78 is 0. The quantitative estimate of drug-likeness (QED) is 0.819. The lowest BCUT2D eigenvalue weighted by molar-refractivity contribution is 0.603. The Morgan fingerprint density at radius 3 is 2.44 bits per heavy atom. The number of nitrogens with one attached hydrogen (secondary N) is 1. The summed E-state index contributed by atoms with van der Waals surface area (Å²) in [5.41, 5.74) is 1.17. The van der Waals surface area contributed by atoms with Gasteiger partial charge in [-0.15, -0.1) is 11.3 Å². The zero-order valence-corrected chi connectivity index (χ0v) is 13.4. The first-order chi connectivity index (χ1) is 8.49. The van der Waals surface area contributed by atoms with E-state index in [1.807, 2.05) is 11.3 Å². The number of thiazole rings is 1. The van der Waals surface area contributed by atoms with Crippen molar-refractivity contribution in [3.63, 3.8) is 0 Å². The zero-order valence-electron chi connectivity index (χ0n) is 12.6. The van der Waals surface area contributed by atoms with Crippen molar-refractivity contribution in [1.29, 1.82) is 0 Å². The van der Waals surface area contributed by atoms with Crippen molar-refractivity contribution in [3.05, 3.63) is 10.6 Å². The van der Waals surface area contributed by atoms with Gasteiger partial charge >= 0.3 is 0 Å². The minimum atomic E-state index is 0.402. The maximum absolute atomic E-state index is 4.74. The van der Waals surface area contributed by atoms with Crippen LogP contribution in [0.25, 0.3) is 0 Å². The first-order valence-electron chi connectivity index (χ1n) is 6.95. The summed E-state index contributed by atoms with van der Waals surface area (Å²) >= 11 is 1.83. The van der Waals surface area contributed by atoms with Gasteiger partial charge in [0.05, 0.1) is 5.69 Å². The summed E-state index contributed by atoms with van der Waals surface area (Å²) in [5.74, 6) is 0.670. The standard InChI is InChI=1S/C14H27N3S/c1-7-15-11(5)13-12(6)16-14(18-13)17(8-2)9-10(3)4/h10-11,15H,7-9H2,1-6H3. The van der Waals surface area contributed by atoms with Gasteiger partial charge in [-0.25, -0.2) is 4.98 Å². The summed E-state index contributed by atoms with van der Waals surface area (Å²) in [6.45, 7) is 16.3. The Kier molecular flexibility index (Phi) is 6.09. The van der Waals surface area contributed by atoms with E-state index in [4.69, 9.17) is 4.98 Å². The van der Waals surface area contributed by atoms with Crippen LogP contribution in [0.5, 0.6) is 0 Å². The Morgan fingerprint density at radius 1 is 1.28 bits per heavy atom. The van der Waals surface area contributed by atoms with E-state index in [1.165, 1.54) is 15.7 Å². The normalized spacial score (nSPS) is 13.1. The van der Waals surface area contributed by atoms with Gasteiger partial charge in [0.1, 0.15) is 0 Å². The van der Waals surface area contributed by atoms with Gasteiger partial charge in [0.15, 0.2) is 5.13 Å². The van der Waals surface area contributed by atoms with E-state index >= 15 is 0 Å². The molecular formula is C14H27N3S. The Morgan fingerprint density at radius 2 is 1.94 bits per heavy atom. The molecule has 0 saturated carbocycles. The molecule has 1 N–H and O–H groups in total. The summed E-state index contributed by atoms with van der Waals surface area (Å²) in [7, 11) is 0.